The van der Waals surface area contributed by atoms with Gasteiger partial charge in [-0.3, -0.25) is 0 Å². The Balaban J connectivity index is 2.00. The lowest BCUT2D eigenvalue weighted by Crippen LogP contribution is -1.88. The van der Waals surface area contributed by atoms with Crippen LogP contribution in [0.3, 0.4) is 0 Å². The average molecular weight is 268 g/mol. The molecule has 2 aromatic carbocycles. The quantitative estimate of drug-likeness (QED) is 0.790. The summed E-state index contributed by atoms with van der Waals surface area (Å²) in [4.78, 5) is 4.35. The number of aromatic hydroxyl groups is 1. The summed E-state index contributed by atoms with van der Waals surface area (Å²) in [5.41, 5.74) is 1.51. The first-order valence-electron chi connectivity index (χ1n) is 6.04. The largest absolute Gasteiger partial charge is 0.508 e. The lowest BCUT2D eigenvalue weighted by atomic mass is 10.2. The Morgan fingerprint density at radius 3 is 2.55 bits per heavy atom. The molecule has 0 atom stereocenters. The standard InChI is InChI=1S/C15H12N2O3/c1-19-13-5-3-2-4-12(13)14-16-15(20-17-14)10-6-8-11(18)9-7-10/h2-9,18H,1H3. The molecule has 20 heavy (non-hydrogen) atoms. The number of benzene rings is 2. The number of para-hydroxylation sites is 1. The van der Waals surface area contributed by atoms with Gasteiger partial charge in [0.05, 0.1) is 12.7 Å². The molecule has 0 unspecified atom stereocenters. The van der Waals surface area contributed by atoms with E-state index in [2.05, 4.69) is 10.1 Å². The van der Waals surface area contributed by atoms with Crippen molar-refractivity contribution in [3.8, 4) is 34.3 Å². The highest BCUT2D eigenvalue weighted by Gasteiger charge is 2.13. The van der Waals surface area contributed by atoms with E-state index in [1.807, 2.05) is 24.3 Å². The van der Waals surface area contributed by atoms with E-state index >= 15 is 0 Å². The van der Waals surface area contributed by atoms with Gasteiger partial charge in [0, 0.05) is 5.56 Å². The molecule has 0 radical (unpaired) electrons. The number of aromatic nitrogens is 2. The van der Waals surface area contributed by atoms with Gasteiger partial charge >= 0.3 is 0 Å². The predicted molar refractivity (Wildman–Crippen MR) is 73.4 cm³/mol. The zero-order valence-corrected chi connectivity index (χ0v) is 10.8. The molecule has 0 aliphatic rings. The van der Waals surface area contributed by atoms with Crippen molar-refractivity contribution in [3.63, 3.8) is 0 Å². The van der Waals surface area contributed by atoms with E-state index in [1.54, 1.807) is 31.4 Å². The SMILES string of the molecule is COc1ccccc1-c1noc(-c2ccc(O)cc2)n1. The van der Waals surface area contributed by atoms with Crippen molar-refractivity contribution in [2.75, 3.05) is 7.11 Å². The molecule has 5 heteroatoms. The summed E-state index contributed by atoms with van der Waals surface area (Å²) >= 11 is 0. The van der Waals surface area contributed by atoms with Crippen molar-refractivity contribution in [1.29, 1.82) is 0 Å². The molecule has 0 aliphatic carbocycles. The van der Waals surface area contributed by atoms with E-state index in [-0.39, 0.29) is 5.75 Å². The van der Waals surface area contributed by atoms with Gasteiger partial charge in [-0.1, -0.05) is 17.3 Å². The van der Waals surface area contributed by atoms with Gasteiger partial charge in [0.15, 0.2) is 0 Å². The molecule has 3 rings (SSSR count). The van der Waals surface area contributed by atoms with Crippen molar-refractivity contribution in [2.45, 2.75) is 0 Å². The first kappa shape index (κ1) is 12.2. The summed E-state index contributed by atoms with van der Waals surface area (Å²) < 4.78 is 10.5. The van der Waals surface area contributed by atoms with Crippen LogP contribution in [0, 0.1) is 0 Å². The maximum Gasteiger partial charge on any atom is 0.258 e. The molecular weight excluding hydrogens is 256 g/mol. The third kappa shape index (κ3) is 2.21. The summed E-state index contributed by atoms with van der Waals surface area (Å²) in [5.74, 6) is 1.74. The van der Waals surface area contributed by atoms with Gasteiger partial charge in [-0.25, -0.2) is 0 Å². The first-order valence-corrected chi connectivity index (χ1v) is 6.04. The highest BCUT2D eigenvalue weighted by atomic mass is 16.5. The average Bonchev–Trinajstić information content (AvgIpc) is 2.97. The third-order valence-corrected chi connectivity index (χ3v) is 2.89. The van der Waals surface area contributed by atoms with Crippen molar-refractivity contribution in [1.82, 2.24) is 10.1 Å². The van der Waals surface area contributed by atoms with Gasteiger partial charge in [-0.2, -0.15) is 4.98 Å². The van der Waals surface area contributed by atoms with Crippen LogP contribution in [0.1, 0.15) is 0 Å². The fourth-order valence-corrected chi connectivity index (χ4v) is 1.88. The van der Waals surface area contributed by atoms with Crippen LogP contribution in [-0.4, -0.2) is 22.4 Å². The normalized spacial score (nSPS) is 10.4. The fourth-order valence-electron chi connectivity index (χ4n) is 1.88. The highest BCUT2D eigenvalue weighted by molar-refractivity contribution is 5.65. The molecule has 0 amide bonds. The van der Waals surface area contributed by atoms with Gasteiger partial charge in [0.2, 0.25) is 5.82 Å². The number of methoxy groups -OCH3 is 1. The fraction of sp³-hybridized carbons (Fsp3) is 0.0667. The van der Waals surface area contributed by atoms with Crippen LogP contribution in [-0.2, 0) is 0 Å². The van der Waals surface area contributed by atoms with Crippen LogP contribution in [0.15, 0.2) is 53.1 Å². The first-order chi connectivity index (χ1) is 9.78. The van der Waals surface area contributed by atoms with E-state index in [1.165, 1.54) is 0 Å². The third-order valence-electron chi connectivity index (χ3n) is 2.89. The van der Waals surface area contributed by atoms with E-state index in [4.69, 9.17) is 9.26 Å². The van der Waals surface area contributed by atoms with Crippen molar-refractivity contribution >= 4 is 0 Å². The Kier molecular flexibility index (Phi) is 3.09. The van der Waals surface area contributed by atoms with E-state index in [0.29, 0.717) is 17.5 Å². The van der Waals surface area contributed by atoms with E-state index in [9.17, 15) is 5.11 Å². The van der Waals surface area contributed by atoms with Crippen LogP contribution in [0.4, 0.5) is 0 Å². The number of nitrogens with zero attached hydrogens (tertiary/aromatic N) is 2. The molecule has 0 saturated carbocycles. The van der Waals surface area contributed by atoms with E-state index in [0.717, 1.165) is 11.1 Å². The Morgan fingerprint density at radius 2 is 1.80 bits per heavy atom. The zero-order chi connectivity index (χ0) is 13.9. The number of rotatable bonds is 3. The smallest absolute Gasteiger partial charge is 0.258 e. The lowest BCUT2D eigenvalue weighted by Gasteiger charge is -2.03. The second kappa shape index (κ2) is 5.05. The van der Waals surface area contributed by atoms with Crippen molar-refractivity contribution in [3.05, 3.63) is 48.5 Å². The minimum atomic E-state index is 0.193. The van der Waals surface area contributed by atoms with Crippen LogP contribution in [0.2, 0.25) is 0 Å². The van der Waals surface area contributed by atoms with Gasteiger partial charge in [-0.15, -0.1) is 0 Å². The molecule has 1 heterocycles. The lowest BCUT2D eigenvalue weighted by molar-refractivity contribution is 0.413. The number of hydrogen-bond donors (Lipinski definition) is 1. The molecule has 1 N–H and O–H groups in total. The Morgan fingerprint density at radius 1 is 1.05 bits per heavy atom. The highest BCUT2D eigenvalue weighted by Crippen LogP contribution is 2.29. The van der Waals surface area contributed by atoms with Gasteiger partial charge in [0.25, 0.3) is 5.89 Å². The number of ether oxygens (including phenoxy) is 1. The number of phenolic OH excluding ortho intramolecular Hbond substituents is 1. The summed E-state index contributed by atoms with van der Waals surface area (Å²) in [5, 5.41) is 13.2. The Labute approximate surface area is 115 Å². The van der Waals surface area contributed by atoms with Crippen LogP contribution < -0.4 is 4.74 Å². The number of phenols is 1. The Bertz CT molecular complexity index is 720. The molecule has 0 spiro atoms. The monoisotopic (exact) mass is 268 g/mol. The minimum Gasteiger partial charge on any atom is -0.508 e. The number of hydrogen-bond acceptors (Lipinski definition) is 5. The maximum atomic E-state index is 9.27. The van der Waals surface area contributed by atoms with Crippen LogP contribution in [0.25, 0.3) is 22.8 Å². The van der Waals surface area contributed by atoms with E-state index < -0.39 is 0 Å². The summed E-state index contributed by atoms with van der Waals surface area (Å²) in [6.45, 7) is 0. The molecule has 0 saturated heterocycles. The predicted octanol–water partition coefficient (Wildman–Crippen LogP) is 3.12. The molecule has 0 aliphatic heterocycles. The summed E-state index contributed by atoms with van der Waals surface area (Å²) in [6.07, 6.45) is 0. The molecule has 3 aromatic rings. The summed E-state index contributed by atoms with van der Waals surface area (Å²) in [6, 6.07) is 14.0. The van der Waals surface area contributed by atoms with Crippen molar-refractivity contribution < 1.29 is 14.4 Å². The second-order valence-electron chi connectivity index (χ2n) is 4.17. The maximum absolute atomic E-state index is 9.27. The summed E-state index contributed by atoms with van der Waals surface area (Å²) in [7, 11) is 1.60. The zero-order valence-electron chi connectivity index (χ0n) is 10.8. The van der Waals surface area contributed by atoms with Crippen molar-refractivity contribution in [2.24, 2.45) is 0 Å². The molecule has 100 valence electrons. The van der Waals surface area contributed by atoms with Crippen LogP contribution in [0.5, 0.6) is 11.5 Å². The van der Waals surface area contributed by atoms with Crippen LogP contribution >= 0.6 is 0 Å². The van der Waals surface area contributed by atoms with Gasteiger partial charge in [0.1, 0.15) is 11.5 Å². The molecule has 5 nitrogen and oxygen atoms in total. The molecule has 0 bridgehead atoms. The van der Waals surface area contributed by atoms with Gasteiger partial charge < -0.3 is 14.4 Å². The van der Waals surface area contributed by atoms with Gasteiger partial charge in [-0.05, 0) is 36.4 Å². The topological polar surface area (TPSA) is 68.4 Å². The molecular formula is C15H12N2O3. The second-order valence-corrected chi connectivity index (χ2v) is 4.17. The minimum absolute atomic E-state index is 0.193. The Hall–Kier alpha value is -2.82. The molecule has 0 fully saturated rings. The molecule has 1 aromatic heterocycles.